The van der Waals surface area contributed by atoms with E-state index in [-0.39, 0.29) is 13.2 Å². The second-order valence-electron chi connectivity index (χ2n) is 5.37. The topological polar surface area (TPSA) is 46.5 Å². The van der Waals surface area contributed by atoms with E-state index in [1.54, 1.807) is 6.92 Å². The normalized spacial score (nSPS) is 10.3. The first-order valence-corrected chi connectivity index (χ1v) is 7.13. The fourth-order valence-electron chi connectivity index (χ4n) is 2.15. The molecule has 0 heterocycles. The number of rotatable bonds is 5. The number of carbonyl (C=O) groups excluding carboxylic acids is 1. The summed E-state index contributed by atoms with van der Waals surface area (Å²) in [6.07, 6.45) is 0. The molecular formula is C19H20O3. The SMILES string of the molecule is C=C(C)C(=O)OCc1cc(CO)ccc1-c1ccc(C)cc1. The van der Waals surface area contributed by atoms with E-state index in [4.69, 9.17) is 4.74 Å². The highest BCUT2D eigenvalue weighted by atomic mass is 16.5. The minimum atomic E-state index is -0.413. The Kier molecular flexibility index (Phi) is 5.12. The summed E-state index contributed by atoms with van der Waals surface area (Å²) >= 11 is 0. The molecule has 0 aliphatic carbocycles. The number of hydrogen-bond donors (Lipinski definition) is 1. The molecule has 2 aromatic carbocycles. The lowest BCUT2D eigenvalue weighted by Crippen LogP contribution is -2.06. The summed E-state index contributed by atoms with van der Waals surface area (Å²) in [6.45, 7) is 7.34. The molecule has 0 bridgehead atoms. The van der Waals surface area contributed by atoms with E-state index in [9.17, 15) is 9.90 Å². The number of aliphatic hydroxyl groups is 1. The first-order valence-electron chi connectivity index (χ1n) is 7.13. The molecular weight excluding hydrogens is 276 g/mol. The van der Waals surface area contributed by atoms with Gasteiger partial charge in [-0.05, 0) is 42.2 Å². The maximum atomic E-state index is 11.6. The van der Waals surface area contributed by atoms with Crippen molar-refractivity contribution in [3.63, 3.8) is 0 Å². The van der Waals surface area contributed by atoms with Crippen LogP contribution in [0, 0.1) is 6.92 Å². The summed E-state index contributed by atoms with van der Waals surface area (Å²) in [7, 11) is 0. The van der Waals surface area contributed by atoms with Crippen molar-refractivity contribution in [2.75, 3.05) is 0 Å². The zero-order chi connectivity index (χ0) is 16.1. The molecule has 0 atom stereocenters. The first kappa shape index (κ1) is 16.0. The van der Waals surface area contributed by atoms with Crippen molar-refractivity contribution in [3.8, 4) is 11.1 Å². The van der Waals surface area contributed by atoms with Crippen LogP contribution in [0.3, 0.4) is 0 Å². The first-order chi connectivity index (χ1) is 10.5. The lowest BCUT2D eigenvalue weighted by molar-refractivity contribution is -0.140. The third-order valence-electron chi connectivity index (χ3n) is 3.42. The standard InChI is InChI=1S/C19H20O3/c1-13(2)19(21)22-12-17-10-15(11-20)6-9-18(17)16-7-4-14(3)5-8-16/h4-10,20H,1,11-12H2,2-3H3. The zero-order valence-corrected chi connectivity index (χ0v) is 12.9. The minimum Gasteiger partial charge on any atom is -0.457 e. The predicted octanol–water partition coefficient (Wildman–Crippen LogP) is 3.77. The van der Waals surface area contributed by atoms with Gasteiger partial charge in [-0.15, -0.1) is 0 Å². The highest BCUT2D eigenvalue weighted by Crippen LogP contribution is 2.26. The largest absolute Gasteiger partial charge is 0.457 e. The molecule has 3 nitrogen and oxygen atoms in total. The molecule has 0 saturated heterocycles. The van der Waals surface area contributed by atoms with Gasteiger partial charge in [0.2, 0.25) is 0 Å². The fourth-order valence-corrected chi connectivity index (χ4v) is 2.15. The average Bonchev–Trinajstić information content (AvgIpc) is 2.53. The molecule has 3 heteroatoms. The Hall–Kier alpha value is -2.39. The Bertz CT molecular complexity index is 684. The zero-order valence-electron chi connectivity index (χ0n) is 12.9. The predicted molar refractivity (Wildman–Crippen MR) is 87.1 cm³/mol. The summed E-state index contributed by atoms with van der Waals surface area (Å²) in [5.74, 6) is -0.413. The highest BCUT2D eigenvalue weighted by molar-refractivity contribution is 5.87. The van der Waals surface area contributed by atoms with Crippen LogP contribution in [0.2, 0.25) is 0 Å². The third kappa shape index (κ3) is 3.83. The molecule has 0 fully saturated rings. The molecule has 22 heavy (non-hydrogen) atoms. The Balaban J connectivity index is 2.34. The van der Waals surface area contributed by atoms with E-state index in [1.165, 1.54) is 5.56 Å². The van der Waals surface area contributed by atoms with Crippen LogP contribution in [0.1, 0.15) is 23.6 Å². The van der Waals surface area contributed by atoms with Crippen molar-refractivity contribution in [3.05, 3.63) is 71.3 Å². The van der Waals surface area contributed by atoms with E-state index in [1.807, 2.05) is 49.4 Å². The summed E-state index contributed by atoms with van der Waals surface area (Å²) in [4.78, 5) is 11.6. The van der Waals surface area contributed by atoms with Gasteiger partial charge in [0.1, 0.15) is 6.61 Å². The number of esters is 1. The summed E-state index contributed by atoms with van der Waals surface area (Å²) < 4.78 is 5.25. The number of aryl methyl sites for hydroxylation is 1. The van der Waals surface area contributed by atoms with Crippen LogP contribution in [0.25, 0.3) is 11.1 Å². The van der Waals surface area contributed by atoms with Crippen LogP contribution < -0.4 is 0 Å². The molecule has 2 rings (SSSR count). The van der Waals surface area contributed by atoms with Crippen LogP contribution in [0.15, 0.2) is 54.6 Å². The van der Waals surface area contributed by atoms with Crippen molar-refractivity contribution >= 4 is 5.97 Å². The molecule has 0 aliphatic heterocycles. The van der Waals surface area contributed by atoms with Gasteiger partial charge in [0.05, 0.1) is 6.61 Å². The van der Waals surface area contributed by atoms with E-state index >= 15 is 0 Å². The summed E-state index contributed by atoms with van der Waals surface area (Å²) in [6, 6.07) is 13.8. The van der Waals surface area contributed by atoms with Gasteiger partial charge in [-0.2, -0.15) is 0 Å². The Morgan fingerprint density at radius 1 is 1.18 bits per heavy atom. The second-order valence-corrected chi connectivity index (χ2v) is 5.37. The van der Waals surface area contributed by atoms with E-state index < -0.39 is 5.97 Å². The van der Waals surface area contributed by atoms with Crippen molar-refractivity contribution in [2.45, 2.75) is 27.1 Å². The van der Waals surface area contributed by atoms with E-state index in [0.29, 0.717) is 5.57 Å². The number of hydrogen-bond acceptors (Lipinski definition) is 3. The highest BCUT2D eigenvalue weighted by Gasteiger charge is 2.10. The van der Waals surface area contributed by atoms with Crippen LogP contribution in [-0.4, -0.2) is 11.1 Å². The van der Waals surface area contributed by atoms with Gasteiger partial charge < -0.3 is 9.84 Å². The number of benzene rings is 2. The third-order valence-corrected chi connectivity index (χ3v) is 3.42. The van der Waals surface area contributed by atoms with Crippen LogP contribution in [0.5, 0.6) is 0 Å². The van der Waals surface area contributed by atoms with Gasteiger partial charge in [-0.3, -0.25) is 0 Å². The van der Waals surface area contributed by atoms with E-state index in [0.717, 1.165) is 22.3 Å². The van der Waals surface area contributed by atoms with Crippen LogP contribution >= 0.6 is 0 Å². The van der Waals surface area contributed by atoms with Crippen molar-refractivity contribution in [1.82, 2.24) is 0 Å². The molecule has 0 saturated carbocycles. The second kappa shape index (κ2) is 7.05. The quantitative estimate of drug-likeness (QED) is 0.675. The number of carbonyl (C=O) groups is 1. The average molecular weight is 296 g/mol. The number of ether oxygens (including phenoxy) is 1. The van der Waals surface area contributed by atoms with Crippen molar-refractivity contribution < 1.29 is 14.6 Å². The summed E-state index contributed by atoms with van der Waals surface area (Å²) in [5, 5.41) is 9.30. The van der Waals surface area contributed by atoms with Gasteiger partial charge in [-0.1, -0.05) is 48.5 Å². The molecule has 0 unspecified atom stereocenters. The lowest BCUT2D eigenvalue weighted by Gasteiger charge is -2.12. The lowest BCUT2D eigenvalue weighted by atomic mass is 9.97. The van der Waals surface area contributed by atoms with E-state index in [2.05, 4.69) is 6.58 Å². The Morgan fingerprint density at radius 3 is 2.45 bits per heavy atom. The van der Waals surface area contributed by atoms with Crippen molar-refractivity contribution in [1.29, 1.82) is 0 Å². The van der Waals surface area contributed by atoms with Gasteiger partial charge >= 0.3 is 5.97 Å². The molecule has 1 N–H and O–H groups in total. The van der Waals surface area contributed by atoms with Crippen LogP contribution in [-0.2, 0) is 22.7 Å². The van der Waals surface area contributed by atoms with Gasteiger partial charge in [0, 0.05) is 5.57 Å². The van der Waals surface area contributed by atoms with Gasteiger partial charge in [0.15, 0.2) is 0 Å². The van der Waals surface area contributed by atoms with Crippen molar-refractivity contribution in [2.24, 2.45) is 0 Å². The van der Waals surface area contributed by atoms with Crippen LogP contribution in [0.4, 0.5) is 0 Å². The number of aliphatic hydroxyl groups excluding tert-OH is 1. The molecule has 0 aliphatic rings. The molecule has 0 amide bonds. The monoisotopic (exact) mass is 296 g/mol. The molecule has 0 radical (unpaired) electrons. The molecule has 2 aromatic rings. The molecule has 0 aromatic heterocycles. The molecule has 114 valence electrons. The fraction of sp³-hybridized carbons (Fsp3) is 0.211. The Labute approximate surface area is 130 Å². The van der Waals surface area contributed by atoms with Gasteiger partial charge in [-0.25, -0.2) is 4.79 Å². The maximum Gasteiger partial charge on any atom is 0.333 e. The minimum absolute atomic E-state index is 0.0460. The molecule has 0 spiro atoms. The summed E-state index contributed by atoms with van der Waals surface area (Å²) in [5.41, 5.74) is 5.26. The maximum absolute atomic E-state index is 11.6. The van der Waals surface area contributed by atoms with Gasteiger partial charge in [0.25, 0.3) is 0 Å². The smallest absolute Gasteiger partial charge is 0.333 e. The Morgan fingerprint density at radius 2 is 1.86 bits per heavy atom.